The molecule has 1 saturated carbocycles. The van der Waals surface area contributed by atoms with E-state index in [1.807, 2.05) is 0 Å². The fourth-order valence-electron chi connectivity index (χ4n) is 2.54. The van der Waals surface area contributed by atoms with Crippen molar-refractivity contribution in [1.82, 2.24) is 0 Å². The van der Waals surface area contributed by atoms with Crippen molar-refractivity contribution in [3.63, 3.8) is 0 Å². The Kier molecular flexibility index (Phi) is 3.52. The molecule has 2 nitrogen and oxygen atoms in total. The second kappa shape index (κ2) is 4.67. The van der Waals surface area contributed by atoms with Crippen LogP contribution >= 0.6 is 11.6 Å². The van der Waals surface area contributed by atoms with Crippen LogP contribution in [0.4, 0.5) is 8.78 Å². The molecule has 0 amide bonds. The van der Waals surface area contributed by atoms with Crippen LogP contribution in [0.5, 0.6) is 5.75 Å². The van der Waals surface area contributed by atoms with Crippen LogP contribution in [0, 0.1) is 0 Å². The summed E-state index contributed by atoms with van der Waals surface area (Å²) in [4.78, 5) is 0. The first-order valence-corrected chi connectivity index (χ1v) is 6.33. The number of alkyl halides is 2. The third kappa shape index (κ3) is 2.45. The summed E-state index contributed by atoms with van der Waals surface area (Å²) < 4.78 is 26.5. The number of phenols is 1. The second-order valence-corrected chi connectivity index (χ2v) is 5.41. The summed E-state index contributed by atoms with van der Waals surface area (Å²) in [5, 5.41) is 9.63. The number of rotatable bonds is 2. The fourth-order valence-corrected chi connectivity index (χ4v) is 2.72. The lowest BCUT2D eigenvalue weighted by atomic mass is 9.68. The van der Waals surface area contributed by atoms with Gasteiger partial charge in [0.15, 0.2) is 0 Å². The van der Waals surface area contributed by atoms with Crippen LogP contribution in [0.3, 0.4) is 0 Å². The van der Waals surface area contributed by atoms with Gasteiger partial charge in [-0.3, -0.25) is 0 Å². The minimum Gasteiger partial charge on any atom is -0.506 e. The molecule has 5 heteroatoms. The molecule has 2 rings (SSSR count). The van der Waals surface area contributed by atoms with E-state index in [1.54, 1.807) is 12.1 Å². The van der Waals surface area contributed by atoms with E-state index in [0.717, 1.165) is 5.56 Å². The molecule has 0 bridgehead atoms. The van der Waals surface area contributed by atoms with Crippen LogP contribution in [-0.4, -0.2) is 17.6 Å². The predicted molar refractivity (Wildman–Crippen MR) is 67.3 cm³/mol. The summed E-state index contributed by atoms with van der Waals surface area (Å²) in [6.07, 6.45) is 0.389. The Balaban J connectivity index is 2.30. The van der Waals surface area contributed by atoms with Gasteiger partial charge in [0, 0.05) is 24.8 Å². The number of hydrogen-bond donors (Lipinski definition) is 2. The Bertz CT molecular complexity index is 441. The summed E-state index contributed by atoms with van der Waals surface area (Å²) >= 11 is 5.87. The van der Waals surface area contributed by atoms with Crippen molar-refractivity contribution in [2.45, 2.75) is 37.0 Å². The van der Waals surface area contributed by atoms with E-state index in [2.05, 4.69) is 0 Å². The van der Waals surface area contributed by atoms with Crippen molar-refractivity contribution in [1.29, 1.82) is 0 Å². The number of phenolic OH excluding ortho intramolecular Hbond substituents is 1. The molecule has 0 radical (unpaired) electrons. The van der Waals surface area contributed by atoms with E-state index >= 15 is 0 Å². The van der Waals surface area contributed by atoms with Crippen LogP contribution in [-0.2, 0) is 5.41 Å². The van der Waals surface area contributed by atoms with Gasteiger partial charge < -0.3 is 10.8 Å². The van der Waals surface area contributed by atoms with E-state index in [-0.39, 0.29) is 23.6 Å². The lowest BCUT2D eigenvalue weighted by molar-refractivity contribution is -0.0509. The summed E-state index contributed by atoms with van der Waals surface area (Å²) in [6.45, 7) is 0.310. The minimum absolute atomic E-state index is 0.00581. The first-order valence-electron chi connectivity index (χ1n) is 5.95. The molecule has 18 heavy (non-hydrogen) atoms. The van der Waals surface area contributed by atoms with Crippen LogP contribution < -0.4 is 5.73 Å². The summed E-state index contributed by atoms with van der Waals surface area (Å²) in [5.74, 6) is -2.59. The van der Waals surface area contributed by atoms with Crippen molar-refractivity contribution in [3.8, 4) is 5.75 Å². The average molecular weight is 276 g/mol. The minimum atomic E-state index is -2.58. The smallest absolute Gasteiger partial charge is 0.248 e. The zero-order valence-electron chi connectivity index (χ0n) is 9.93. The highest BCUT2D eigenvalue weighted by Crippen LogP contribution is 2.45. The number of hydrogen-bond acceptors (Lipinski definition) is 2. The van der Waals surface area contributed by atoms with Crippen molar-refractivity contribution in [3.05, 3.63) is 28.8 Å². The Morgan fingerprint density at radius 3 is 2.33 bits per heavy atom. The Morgan fingerprint density at radius 2 is 1.83 bits per heavy atom. The van der Waals surface area contributed by atoms with Crippen LogP contribution in [0.2, 0.25) is 5.02 Å². The third-order valence-corrected chi connectivity index (χ3v) is 4.19. The predicted octanol–water partition coefficient (Wildman–Crippen LogP) is 3.45. The lowest BCUT2D eigenvalue weighted by Gasteiger charge is -2.40. The maximum Gasteiger partial charge on any atom is 0.248 e. The Morgan fingerprint density at radius 1 is 1.22 bits per heavy atom. The maximum atomic E-state index is 13.2. The first-order chi connectivity index (χ1) is 8.38. The maximum absolute atomic E-state index is 13.2. The van der Waals surface area contributed by atoms with Gasteiger partial charge in [0.05, 0.1) is 5.02 Å². The van der Waals surface area contributed by atoms with Gasteiger partial charge in [-0.25, -0.2) is 8.78 Å². The van der Waals surface area contributed by atoms with E-state index in [1.165, 1.54) is 6.07 Å². The quantitative estimate of drug-likeness (QED) is 0.868. The summed E-state index contributed by atoms with van der Waals surface area (Å²) in [6, 6.07) is 4.84. The number of benzene rings is 1. The summed E-state index contributed by atoms with van der Waals surface area (Å²) in [7, 11) is 0. The average Bonchev–Trinajstić information content (AvgIpc) is 2.34. The second-order valence-electron chi connectivity index (χ2n) is 5.01. The van der Waals surface area contributed by atoms with Crippen LogP contribution in [0.15, 0.2) is 18.2 Å². The first kappa shape index (κ1) is 13.6. The molecule has 1 aliphatic carbocycles. The SMILES string of the molecule is NCC1(c2ccc(O)c(Cl)c2)CCC(F)(F)CC1. The lowest BCUT2D eigenvalue weighted by Crippen LogP contribution is -2.42. The highest BCUT2D eigenvalue weighted by atomic mass is 35.5. The van der Waals surface area contributed by atoms with Gasteiger partial charge in [-0.05, 0) is 30.5 Å². The molecular weight excluding hydrogens is 260 g/mol. The van der Waals surface area contributed by atoms with Gasteiger partial charge in [0.2, 0.25) is 5.92 Å². The number of halogens is 3. The molecule has 0 heterocycles. The van der Waals surface area contributed by atoms with E-state index in [4.69, 9.17) is 17.3 Å². The molecule has 0 saturated heterocycles. The van der Waals surface area contributed by atoms with E-state index in [9.17, 15) is 13.9 Å². The molecule has 0 spiro atoms. The number of nitrogens with two attached hydrogens (primary N) is 1. The largest absolute Gasteiger partial charge is 0.506 e. The van der Waals surface area contributed by atoms with Gasteiger partial charge in [0.25, 0.3) is 0 Å². The standard InChI is InChI=1S/C13H16ClF2NO/c14-10-7-9(1-2-11(10)18)12(8-17)3-5-13(15,16)6-4-12/h1-2,7,18H,3-6,8,17H2. The van der Waals surface area contributed by atoms with Gasteiger partial charge in [-0.1, -0.05) is 17.7 Å². The van der Waals surface area contributed by atoms with Crippen molar-refractivity contribution in [2.24, 2.45) is 5.73 Å². The molecule has 0 aliphatic heterocycles. The monoisotopic (exact) mass is 275 g/mol. The highest BCUT2D eigenvalue weighted by molar-refractivity contribution is 6.32. The molecule has 1 fully saturated rings. The van der Waals surface area contributed by atoms with Gasteiger partial charge in [0.1, 0.15) is 5.75 Å². The van der Waals surface area contributed by atoms with Crippen molar-refractivity contribution >= 4 is 11.6 Å². The highest BCUT2D eigenvalue weighted by Gasteiger charge is 2.43. The van der Waals surface area contributed by atoms with Gasteiger partial charge in [-0.2, -0.15) is 0 Å². The zero-order valence-corrected chi connectivity index (χ0v) is 10.7. The molecule has 0 unspecified atom stereocenters. The molecule has 3 N–H and O–H groups in total. The van der Waals surface area contributed by atoms with Crippen LogP contribution in [0.1, 0.15) is 31.2 Å². The van der Waals surface area contributed by atoms with Gasteiger partial charge >= 0.3 is 0 Å². The molecule has 100 valence electrons. The molecule has 1 aromatic carbocycles. The number of aromatic hydroxyl groups is 1. The topological polar surface area (TPSA) is 46.2 Å². The van der Waals surface area contributed by atoms with E-state index in [0.29, 0.717) is 19.4 Å². The normalized spacial score (nSPS) is 21.8. The van der Waals surface area contributed by atoms with E-state index < -0.39 is 11.3 Å². The molecule has 0 aromatic heterocycles. The molecule has 1 aliphatic rings. The fraction of sp³-hybridized carbons (Fsp3) is 0.538. The Labute approximate surface area is 110 Å². The zero-order chi connectivity index (χ0) is 13.4. The molecule has 0 atom stereocenters. The molecular formula is C13H16ClF2NO. The van der Waals surface area contributed by atoms with Crippen molar-refractivity contribution in [2.75, 3.05) is 6.54 Å². The van der Waals surface area contributed by atoms with Crippen LogP contribution in [0.25, 0.3) is 0 Å². The summed E-state index contributed by atoms with van der Waals surface area (Å²) in [5.41, 5.74) is 6.19. The third-order valence-electron chi connectivity index (χ3n) is 3.89. The molecule has 1 aromatic rings. The Hall–Kier alpha value is -0.870. The van der Waals surface area contributed by atoms with Gasteiger partial charge in [-0.15, -0.1) is 0 Å². The van der Waals surface area contributed by atoms with Crippen molar-refractivity contribution < 1.29 is 13.9 Å².